The van der Waals surface area contributed by atoms with Crippen LogP contribution < -0.4 is 5.32 Å². The summed E-state index contributed by atoms with van der Waals surface area (Å²) in [5.41, 5.74) is 2.95. The highest BCUT2D eigenvalue weighted by atomic mass is 16.5. The van der Waals surface area contributed by atoms with Crippen molar-refractivity contribution < 1.29 is 9.53 Å². The smallest absolute Gasteiger partial charge is 0.251 e. The fourth-order valence-electron chi connectivity index (χ4n) is 2.88. The number of benzene rings is 1. The maximum atomic E-state index is 12.3. The monoisotopic (exact) mass is 304 g/mol. The van der Waals surface area contributed by atoms with Crippen LogP contribution in [0.15, 0.2) is 18.2 Å². The van der Waals surface area contributed by atoms with Gasteiger partial charge in [0, 0.05) is 31.7 Å². The molecule has 4 nitrogen and oxygen atoms in total. The van der Waals surface area contributed by atoms with Crippen molar-refractivity contribution in [1.82, 2.24) is 10.2 Å². The Hall–Kier alpha value is -1.39. The van der Waals surface area contributed by atoms with Crippen molar-refractivity contribution in [2.24, 2.45) is 5.92 Å². The third-order valence-electron chi connectivity index (χ3n) is 4.19. The number of hydrogen-bond donors (Lipinski definition) is 1. The molecule has 1 fully saturated rings. The Kier molecular flexibility index (Phi) is 5.98. The molecule has 0 radical (unpaired) electrons. The molecule has 0 aliphatic carbocycles. The van der Waals surface area contributed by atoms with E-state index < -0.39 is 0 Å². The van der Waals surface area contributed by atoms with E-state index in [0.29, 0.717) is 12.5 Å². The molecule has 0 saturated carbocycles. The zero-order valence-electron chi connectivity index (χ0n) is 14.2. The molecule has 22 heavy (non-hydrogen) atoms. The first-order valence-corrected chi connectivity index (χ1v) is 8.15. The number of nitrogens with zero attached hydrogens (tertiary/aromatic N) is 1. The van der Waals surface area contributed by atoms with Gasteiger partial charge in [0.15, 0.2) is 0 Å². The summed E-state index contributed by atoms with van der Waals surface area (Å²) in [6, 6.07) is 5.84. The van der Waals surface area contributed by atoms with Crippen LogP contribution in [0.1, 0.15) is 35.3 Å². The van der Waals surface area contributed by atoms with Crippen molar-refractivity contribution >= 4 is 5.91 Å². The largest absolute Gasteiger partial charge is 0.374 e. The van der Waals surface area contributed by atoms with Crippen LogP contribution in [0.25, 0.3) is 0 Å². The maximum absolute atomic E-state index is 12.3. The highest BCUT2D eigenvalue weighted by molar-refractivity contribution is 5.95. The number of nitrogens with one attached hydrogen (secondary N) is 1. The van der Waals surface area contributed by atoms with Crippen molar-refractivity contribution in [3.63, 3.8) is 0 Å². The number of amides is 1. The van der Waals surface area contributed by atoms with Gasteiger partial charge >= 0.3 is 0 Å². The lowest BCUT2D eigenvalue weighted by atomic mass is 10.0. The number of morpholine rings is 1. The second kappa shape index (κ2) is 7.75. The number of rotatable bonds is 5. The molecule has 1 atom stereocenters. The van der Waals surface area contributed by atoms with Gasteiger partial charge in [-0.1, -0.05) is 26.0 Å². The van der Waals surface area contributed by atoms with Crippen molar-refractivity contribution in [2.75, 3.05) is 32.8 Å². The summed E-state index contributed by atoms with van der Waals surface area (Å²) in [4.78, 5) is 14.8. The Balaban J connectivity index is 1.87. The first-order chi connectivity index (χ1) is 10.5. The number of aryl methyl sites for hydroxylation is 1. The van der Waals surface area contributed by atoms with Crippen LogP contribution >= 0.6 is 0 Å². The Bertz CT molecular complexity index is 514. The fraction of sp³-hybridized carbons (Fsp3) is 0.611. The van der Waals surface area contributed by atoms with E-state index in [1.54, 1.807) is 0 Å². The topological polar surface area (TPSA) is 41.6 Å². The second-order valence-corrected chi connectivity index (χ2v) is 6.60. The van der Waals surface area contributed by atoms with Gasteiger partial charge in [-0.05, 0) is 37.0 Å². The molecule has 4 heteroatoms. The van der Waals surface area contributed by atoms with Crippen molar-refractivity contribution in [3.8, 4) is 0 Å². The van der Waals surface area contributed by atoms with Gasteiger partial charge in [-0.25, -0.2) is 0 Å². The Morgan fingerprint density at radius 1 is 1.41 bits per heavy atom. The SMILES string of the molecule is Cc1cccc(C(=O)NC[C@@H]2CN(CC(C)C)CCO2)c1C. The highest BCUT2D eigenvalue weighted by Gasteiger charge is 2.21. The molecular formula is C18H28N2O2. The lowest BCUT2D eigenvalue weighted by Crippen LogP contribution is -2.48. The van der Waals surface area contributed by atoms with Gasteiger partial charge in [0.25, 0.3) is 5.91 Å². The molecule has 0 bridgehead atoms. The number of hydrogen-bond acceptors (Lipinski definition) is 3. The van der Waals surface area contributed by atoms with E-state index >= 15 is 0 Å². The van der Waals surface area contributed by atoms with Crippen molar-refractivity contribution in [1.29, 1.82) is 0 Å². The molecule has 0 unspecified atom stereocenters. The molecule has 122 valence electrons. The molecule has 1 aromatic rings. The summed E-state index contributed by atoms with van der Waals surface area (Å²) in [6.45, 7) is 12.8. The normalized spacial score (nSPS) is 19.4. The fourth-order valence-corrected chi connectivity index (χ4v) is 2.88. The molecule has 2 rings (SSSR count). The van der Waals surface area contributed by atoms with Gasteiger partial charge in [0.2, 0.25) is 0 Å². The van der Waals surface area contributed by atoms with Crippen LogP contribution in [-0.4, -0.2) is 49.7 Å². The molecule has 1 aliphatic rings. The second-order valence-electron chi connectivity index (χ2n) is 6.60. The Labute approximate surface area is 133 Å². The molecule has 1 aromatic carbocycles. The van der Waals surface area contributed by atoms with Crippen molar-refractivity contribution in [3.05, 3.63) is 34.9 Å². The van der Waals surface area contributed by atoms with E-state index in [2.05, 4.69) is 24.1 Å². The van der Waals surface area contributed by atoms with E-state index in [1.807, 2.05) is 32.0 Å². The van der Waals surface area contributed by atoms with Crippen LogP contribution in [0, 0.1) is 19.8 Å². The highest BCUT2D eigenvalue weighted by Crippen LogP contribution is 2.13. The molecule has 1 aliphatic heterocycles. The summed E-state index contributed by atoms with van der Waals surface area (Å²) in [5, 5.41) is 3.02. The third-order valence-corrected chi connectivity index (χ3v) is 4.19. The average Bonchev–Trinajstić information content (AvgIpc) is 2.47. The minimum absolute atomic E-state index is 0.00853. The molecule has 1 heterocycles. The summed E-state index contributed by atoms with van der Waals surface area (Å²) in [5.74, 6) is 0.647. The molecule has 0 aromatic heterocycles. The summed E-state index contributed by atoms with van der Waals surface area (Å²) < 4.78 is 5.77. The lowest BCUT2D eigenvalue weighted by Gasteiger charge is -2.34. The van der Waals surface area contributed by atoms with Gasteiger partial charge in [0.1, 0.15) is 0 Å². The number of carbonyl (C=O) groups excluding carboxylic acids is 1. The van der Waals surface area contributed by atoms with Crippen LogP contribution in [0.3, 0.4) is 0 Å². The van der Waals surface area contributed by atoms with Gasteiger partial charge in [-0.3, -0.25) is 9.69 Å². The van der Waals surface area contributed by atoms with Gasteiger partial charge in [-0.15, -0.1) is 0 Å². The van der Waals surface area contributed by atoms with Gasteiger partial charge < -0.3 is 10.1 Å². The zero-order valence-corrected chi connectivity index (χ0v) is 14.2. The predicted octanol–water partition coefficient (Wildman–Crippen LogP) is 2.39. The van der Waals surface area contributed by atoms with Gasteiger partial charge in [0.05, 0.1) is 12.7 Å². The van der Waals surface area contributed by atoms with E-state index in [9.17, 15) is 4.79 Å². The Morgan fingerprint density at radius 3 is 2.91 bits per heavy atom. The predicted molar refractivity (Wildman–Crippen MR) is 89.3 cm³/mol. The zero-order chi connectivity index (χ0) is 16.1. The van der Waals surface area contributed by atoms with Crippen LogP contribution in [0.2, 0.25) is 0 Å². The molecule has 1 N–H and O–H groups in total. The standard InChI is InChI=1S/C18H28N2O2/c1-13(2)11-20-8-9-22-16(12-20)10-19-18(21)17-7-5-6-14(3)15(17)4/h5-7,13,16H,8-12H2,1-4H3,(H,19,21)/t16-/m1/s1. The lowest BCUT2D eigenvalue weighted by molar-refractivity contribution is -0.0295. The molecule has 1 amide bonds. The Morgan fingerprint density at radius 2 is 2.18 bits per heavy atom. The quantitative estimate of drug-likeness (QED) is 0.908. The van der Waals surface area contributed by atoms with E-state index in [-0.39, 0.29) is 12.0 Å². The molecule has 1 saturated heterocycles. The summed E-state index contributed by atoms with van der Waals surface area (Å²) >= 11 is 0. The average molecular weight is 304 g/mol. The van der Waals surface area contributed by atoms with Crippen LogP contribution in [0.5, 0.6) is 0 Å². The minimum atomic E-state index is -0.00853. The minimum Gasteiger partial charge on any atom is -0.374 e. The molecule has 0 spiro atoms. The van der Waals surface area contributed by atoms with Crippen molar-refractivity contribution in [2.45, 2.75) is 33.8 Å². The number of carbonyl (C=O) groups is 1. The maximum Gasteiger partial charge on any atom is 0.251 e. The summed E-state index contributed by atoms with van der Waals surface area (Å²) in [6.07, 6.45) is 0.0848. The van der Waals surface area contributed by atoms with E-state index in [4.69, 9.17) is 4.74 Å². The van der Waals surface area contributed by atoms with Gasteiger partial charge in [-0.2, -0.15) is 0 Å². The van der Waals surface area contributed by atoms with E-state index in [1.165, 1.54) is 0 Å². The van der Waals surface area contributed by atoms with Crippen LogP contribution in [-0.2, 0) is 4.74 Å². The van der Waals surface area contributed by atoms with Crippen LogP contribution in [0.4, 0.5) is 0 Å². The first-order valence-electron chi connectivity index (χ1n) is 8.15. The molecular weight excluding hydrogens is 276 g/mol. The number of ether oxygens (including phenoxy) is 1. The third kappa shape index (κ3) is 4.55. The first kappa shape index (κ1) is 17.0. The summed E-state index contributed by atoms with van der Waals surface area (Å²) in [7, 11) is 0. The van der Waals surface area contributed by atoms with E-state index in [0.717, 1.165) is 42.9 Å².